The number of hydrogen-bond acceptors (Lipinski definition) is 6. The molecule has 2 aromatic carbocycles. The van der Waals surface area contributed by atoms with Gasteiger partial charge in [-0.15, -0.1) is 0 Å². The normalized spacial score (nSPS) is 11.0. The minimum atomic E-state index is -0.466. The molecular weight excluding hydrogens is 423 g/mol. The first kappa shape index (κ1) is 22.5. The molecule has 2 N–H and O–H groups in total. The summed E-state index contributed by atoms with van der Waals surface area (Å²) in [6.07, 6.45) is 4.06. The number of benzene rings is 2. The number of nitrogens with two attached hydrogens (primary N) is 1. The van der Waals surface area contributed by atoms with Crippen molar-refractivity contribution in [2.75, 3.05) is 7.11 Å². The number of carbonyl (C=O) groups is 1. The molecule has 2 heterocycles. The molecule has 0 radical (unpaired) electrons. The van der Waals surface area contributed by atoms with Crippen molar-refractivity contribution in [3.8, 4) is 16.9 Å². The Morgan fingerprint density at radius 2 is 1.97 bits per heavy atom. The molecule has 0 aliphatic rings. The van der Waals surface area contributed by atoms with Crippen molar-refractivity contribution in [2.24, 2.45) is 5.73 Å². The molecule has 7 heteroatoms. The maximum absolute atomic E-state index is 15.0. The lowest BCUT2D eigenvalue weighted by molar-refractivity contribution is -0.139. The van der Waals surface area contributed by atoms with Crippen molar-refractivity contribution in [3.63, 3.8) is 0 Å². The van der Waals surface area contributed by atoms with Crippen LogP contribution in [0.3, 0.4) is 0 Å². The Kier molecular flexibility index (Phi) is 6.70. The summed E-state index contributed by atoms with van der Waals surface area (Å²) in [4.78, 5) is 15.8. The van der Waals surface area contributed by atoms with Crippen LogP contribution in [-0.4, -0.2) is 18.1 Å². The number of fused-ring (bicyclic) bond motifs is 1. The number of nitrogens with zero attached hydrogens (tertiary/aromatic N) is 1. The summed E-state index contributed by atoms with van der Waals surface area (Å²) < 4.78 is 31.6. The smallest absolute Gasteiger partial charge is 0.310 e. The Morgan fingerprint density at radius 3 is 2.73 bits per heavy atom. The number of hydrogen-bond donors (Lipinski definition) is 1. The number of rotatable bonds is 8. The number of halogens is 1. The van der Waals surface area contributed by atoms with Gasteiger partial charge in [0.05, 0.1) is 25.5 Å². The Bertz CT molecular complexity index is 1300. The Balaban J connectivity index is 1.70. The summed E-state index contributed by atoms with van der Waals surface area (Å²) in [6, 6.07) is 13.0. The first-order chi connectivity index (χ1) is 16.0. The number of esters is 1. The van der Waals surface area contributed by atoms with Crippen LogP contribution < -0.4 is 10.5 Å². The highest BCUT2D eigenvalue weighted by Crippen LogP contribution is 2.34. The standard InChI is InChI=1S/C26H25FN2O4/c1-3-16-4-5-18(13-24(30)31-2)23(12-16)33-15-17-10-19-7-9-32-26(19)21(11-17)20-6-8-29-22(14-28)25(20)27/h4-12H,3,13-15,28H2,1-2H3. The highest BCUT2D eigenvalue weighted by Gasteiger charge is 2.17. The van der Waals surface area contributed by atoms with Gasteiger partial charge in [0.25, 0.3) is 0 Å². The molecule has 0 saturated carbocycles. The molecule has 0 aliphatic carbocycles. The van der Waals surface area contributed by atoms with Crippen molar-refractivity contribution in [2.45, 2.75) is 32.9 Å². The van der Waals surface area contributed by atoms with Gasteiger partial charge >= 0.3 is 5.97 Å². The van der Waals surface area contributed by atoms with E-state index < -0.39 is 5.82 Å². The number of carbonyl (C=O) groups excluding carboxylic acids is 1. The third-order valence-electron chi connectivity index (χ3n) is 5.55. The van der Waals surface area contributed by atoms with Crippen LogP contribution in [0.1, 0.15) is 29.3 Å². The fourth-order valence-electron chi connectivity index (χ4n) is 3.75. The lowest BCUT2D eigenvalue weighted by atomic mass is 10.00. The van der Waals surface area contributed by atoms with E-state index in [0.717, 1.165) is 28.5 Å². The molecule has 2 aromatic heterocycles. The van der Waals surface area contributed by atoms with Crippen molar-refractivity contribution in [1.29, 1.82) is 0 Å². The third kappa shape index (κ3) is 4.73. The van der Waals surface area contributed by atoms with Gasteiger partial charge in [-0.2, -0.15) is 0 Å². The third-order valence-corrected chi connectivity index (χ3v) is 5.55. The van der Waals surface area contributed by atoms with Crippen molar-refractivity contribution < 1.29 is 23.1 Å². The van der Waals surface area contributed by atoms with Gasteiger partial charge in [-0.1, -0.05) is 19.1 Å². The molecule has 0 amide bonds. The highest BCUT2D eigenvalue weighted by molar-refractivity contribution is 5.93. The molecule has 4 aromatic rings. The molecule has 4 rings (SSSR count). The zero-order valence-corrected chi connectivity index (χ0v) is 18.6. The maximum atomic E-state index is 15.0. The van der Waals surface area contributed by atoms with Crippen LogP contribution in [0.5, 0.6) is 5.75 Å². The first-order valence-electron chi connectivity index (χ1n) is 10.7. The minimum absolute atomic E-state index is 0.000509. The van der Waals surface area contributed by atoms with E-state index >= 15 is 4.39 Å². The van der Waals surface area contributed by atoms with Crippen molar-refractivity contribution in [1.82, 2.24) is 4.98 Å². The molecule has 170 valence electrons. The van der Waals surface area contributed by atoms with Crippen LogP contribution in [0.2, 0.25) is 0 Å². The van der Waals surface area contributed by atoms with Crippen LogP contribution in [-0.2, 0) is 35.5 Å². The molecule has 0 saturated heterocycles. The Labute approximate surface area is 191 Å². The number of pyridine rings is 1. The predicted octanol–water partition coefficient (Wildman–Crippen LogP) is 4.95. The average molecular weight is 448 g/mol. The molecule has 0 unspecified atom stereocenters. The lowest BCUT2D eigenvalue weighted by Crippen LogP contribution is -2.07. The maximum Gasteiger partial charge on any atom is 0.310 e. The van der Waals surface area contributed by atoms with E-state index in [1.54, 1.807) is 12.3 Å². The van der Waals surface area contributed by atoms with Crippen molar-refractivity contribution >= 4 is 16.9 Å². The zero-order valence-electron chi connectivity index (χ0n) is 18.6. The van der Waals surface area contributed by atoms with Crippen LogP contribution in [0.25, 0.3) is 22.1 Å². The monoisotopic (exact) mass is 448 g/mol. The molecule has 0 fully saturated rings. The zero-order chi connectivity index (χ0) is 23.4. The van der Waals surface area contributed by atoms with Crippen molar-refractivity contribution in [3.05, 3.63) is 83.1 Å². The fourth-order valence-corrected chi connectivity index (χ4v) is 3.75. The molecule has 33 heavy (non-hydrogen) atoms. The topological polar surface area (TPSA) is 87.6 Å². The molecule has 6 nitrogen and oxygen atoms in total. The molecule has 0 aliphatic heterocycles. The van der Waals surface area contributed by atoms with Crippen LogP contribution in [0, 0.1) is 5.82 Å². The van der Waals surface area contributed by atoms with Gasteiger partial charge in [-0.05, 0) is 47.9 Å². The van der Waals surface area contributed by atoms with Gasteiger partial charge < -0.3 is 19.6 Å². The van der Waals surface area contributed by atoms with E-state index in [-0.39, 0.29) is 31.2 Å². The van der Waals surface area contributed by atoms with Crippen LogP contribution >= 0.6 is 0 Å². The number of furan rings is 1. The van der Waals surface area contributed by atoms with Gasteiger partial charge in [0.1, 0.15) is 17.9 Å². The highest BCUT2D eigenvalue weighted by atomic mass is 19.1. The quantitative estimate of drug-likeness (QED) is 0.384. The van der Waals surface area contributed by atoms with Gasteiger partial charge in [0.2, 0.25) is 0 Å². The second kappa shape index (κ2) is 9.83. The fraction of sp³-hybridized carbons (Fsp3) is 0.231. The second-order valence-electron chi connectivity index (χ2n) is 7.64. The largest absolute Gasteiger partial charge is 0.489 e. The summed E-state index contributed by atoms with van der Waals surface area (Å²) in [5, 5.41) is 0.828. The van der Waals surface area contributed by atoms with E-state index in [9.17, 15) is 4.79 Å². The minimum Gasteiger partial charge on any atom is -0.489 e. The molecular formula is C26H25FN2O4. The van der Waals surface area contributed by atoms with E-state index in [4.69, 9.17) is 19.6 Å². The number of aromatic nitrogens is 1. The van der Waals surface area contributed by atoms with Gasteiger partial charge in [-0.25, -0.2) is 4.39 Å². The number of aryl methyl sites for hydroxylation is 1. The predicted molar refractivity (Wildman–Crippen MR) is 123 cm³/mol. The first-order valence-corrected chi connectivity index (χ1v) is 10.7. The van der Waals surface area contributed by atoms with Crippen LogP contribution in [0.15, 0.2) is 59.3 Å². The van der Waals surface area contributed by atoms with Crippen LogP contribution in [0.4, 0.5) is 4.39 Å². The number of ether oxygens (including phenoxy) is 2. The van der Waals surface area contributed by atoms with Gasteiger partial charge in [0, 0.05) is 34.8 Å². The van der Waals surface area contributed by atoms with E-state index in [2.05, 4.69) is 11.9 Å². The Morgan fingerprint density at radius 1 is 1.12 bits per heavy atom. The summed E-state index contributed by atoms with van der Waals surface area (Å²) in [6.45, 7) is 2.28. The molecule has 0 bridgehead atoms. The summed E-state index contributed by atoms with van der Waals surface area (Å²) >= 11 is 0. The van der Waals surface area contributed by atoms with Gasteiger partial charge in [0.15, 0.2) is 5.82 Å². The number of methoxy groups -OCH3 is 1. The van der Waals surface area contributed by atoms with E-state index in [0.29, 0.717) is 22.5 Å². The average Bonchev–Trinajstić information content (AvgIpc) is 3.31. The molecule has 0 spiro atoms. The Hall–Kier alpha value is -3.71. The summed E-state index contributed by atoms with van der Waals surface area (Å²) in [5.74, 6) is -0.184. The summed E-state index contributed by atoms with van der Waals surface area (Å²) in [7, 11) is 1.36. The lowest BCUT2D eigenvalue weighted by Gasteiger charge is -2.14. The SMILES string of the molecule is CCc1ccc(CC(=O)OC)c(OCc2cc(-c3ccnc(CN)c3F)c3occc3c2)c1. The van der Waals surface area contributed by atoms with E-state index in [1.165, 1.54) is 13.3 Å². The van der Waals surface area contributed by atoms with Gasteiger partial charge in [-0.3, -0.25) is 9.78 Å². The second-order valence-corrected chi connectivity index (χ2v) is 7.64. The van der Waals surface area contributed by atoms with E-state index in [1.807, 2.05) is 36.4 Å². The summed E-state index contributed by atoms with van der Waals surface area (Å²) in [5.41, 5.74) is 10.0. The molecule has 0 atom stereocenters.